The van der Waals surface area contributed by atoms with E-state index in [2.05, 4.69) is 24.5 Å². The molecule has 0 spiro atoms. The molecule has 2 atom stereocenters. The number of carbonyl (C=O) groups excluding carboxylic acids is 1. The number of hydrogen-bond acceptors (Lipinski definition) is 2. The Morgan fingerprint density at radius 1 is 1.50 bits per heavy atom. The van der Waals surface area contributed by atoms with Crippen LogP contribution in [0.4, 0.5) is 4.79 Å². The molecule has 0 aliphatic heterocycles. The number of amides is 2. The topological polar surface area (TPSA) is 61.4 Å². The van der Waals surface area contributed by atoms with Gasteiger partial charge >= 0.3 is 6.03 Å². The van der Waals surface area contributed by atoms with E-state index >= 15 is 0 Å². The van der Waals surface area contributed by atoms with Crippen LogP contribution in [-0.4, -0.2) is 29.8 Å². The summed E-state index contributed by atoms with van der Waals surface area (Å²) >= 11 is 0. The van der Waals surface area contributed by atoms with Crippen LogP contribution in [0.1, 0.15) is 46.5 Å². The third kappa shape index (κ3) is 3.67. The first kappa shape index (κ1) is 13.3. The number of hydrogen-bond donors (Lipinski definition) is 3. The van der Waals surface area contributed by atoms with Crippen molar-refractivity contribution in [2.75, 3.05) is 6.61 Å². The monoisotopic (exact) mass is 228 g/mol. The van der Waals surface area contributed by atoms with Gasteiger partial charge in [0.1, 0.15) is 0 Å². The van der Waals surface area contributed by atoms with Crippen molar-refractivity contribution in [3.63, 3.8) is 0 Å². The highest BCUT2D eigenvalue weighted by molar-refractivity contribution is 5.74. The fourth-order valence-corrected chi connectivity index (χ4v) is 2.23. The summed E-state index contributed by atoms with van der Waals surface area (Å²) in [7, 11) is 0. The Morgan fingerprint density at radius 3 is 2.75 bits per heavy atom. The minimum Gasteiger partial charge on any atom is -0.394 e. The molecule has 0 bridgehead atoms. The second-order valence-corrected chi connectivity index (χ2v) is 5.49. The van der Waals surface area contributed by atoms with Crippen molar-refractivity contribution in [2.45, 2.75) is 58.5 Å². The van der Waals surface area contributed by atoms with Crippen molar-refractivity contribution in [1.82, 2.24) is 10.6 Å². The smallest absolute Gasteiger partial charge is 0.315 e. The summed E-state index contributed by atoms with van der Waals surface area (Å²) in [6.45, 7) is 6.16. The molecule has 1 aliphatic rings. The van der Waals surface area contributed by atoms with Crippen LogP contribution in [-0.2, 0) is 0 Å². The first-order chi connectivity index (χ1) is 7.45. The van der Waals surface area contributed by atoms with Crippen molar-refractivity contribution >= 4 is 6.03 Å². The fraction of sp³-hybridized carbons (Fsp3) is 0.917. The van der Waals surface area contributed by atoms with Crippen molar-refractivity contribution in [3.05, 3.63) is 0 Å². The Hall–Kier alpha value is -0.770. The van der Waals surface area contributed by atoms with Gasteiger partial charge in [0.05, 0.1) is 12.6 Å². The van der Waals surface area contributed by atoms with Gasteiger partial charge in [0.25, 0.3) is 0 Å². The molecule has 16 heavy (non-hydrogen) atoms. The van der Waals surface area contributed by atoms with E-state index in [4.69, 9.17) is 5.11 Å². The van der Waals surface area contributed by atoms with Gasteiger partial charge in [-0.2, -0.15) is 0 Å². The molecule has 1 fully saturated rings. The van der Waals surface area contributed by atoms with E-state index < -0.39 is 0 Å². The lowest BCUT2D eigenvalue weighted by molar-refractivity contribution is 0.162. The zero-order valence-corrected chi connectivity index (χ0v) is 10.5. The minimum absolute atomic E-state index is 0.0263. The highest BCUT2D eigenvalue weighted by Crippen LogP contribution is 2.35. The third-order valence-electron chi connectivity index (χ3n) is 3.46. The van der Waals surface area contributed by atoms with Crippen LogP contribution in [0.5, 0.6) is 0 Å². The quantitative estimate of drug-likeness (QED) is 0.687. The molecule has 0 aromatic rings. The average molecular weight is 228 g/mol. The van der Waals surface area contributed by atoms with Gasteiger partial charge in [0, 0.05) is 6.04 Å². The molecular weight excluding hydrogens is 204 g/mol. The molecule has 0 saturated heterocycles. The molecule has 3 N–H and O–H groups in total. The van der Waals surface area contributed by atoms with Crippen LogP contribution in [0.3, 0.4) is 0 Å². The molecule has 1 rings (SSSR count). The van der Waals surface area contributed by atoms with Crippen LogP contribution in [0.2, 0.25) is 0 Å². The van der Waals surface area contributed by atoms with E-state index in [9.17, 15) is 4.79 Å². The molecule has 94 valence electrons. The maximum atomic E-state index is 11.6. The van der Waals surface area contributed by atoms with E-state index in [1.165, 1.54) is 12.8 Å². The van der Waals surface area contributed by atoms with E-state index in [0.717, 1.165) is 12.8 Å². The Bertz CT molecular complexity index is 241. The van der Waals surface area contributed by atoms with Gasteiger partial charge in [0.2, 0.25) is 0 Å². The molecule has 4 heteroatoms. The normalized spacial score (nSPS) is 25.9. The number of carbonyl (C=O) groups is 1. The Kier molecular flexibility index (Phi) is 4.59. The number of aliphatic hydroxyl groups excluding tert-OH is 1. The Morgan fingerprint density at radius 2 is 2.19 bits per heavy atom. The van der Waals surface area contributed by atoms with Crippen LogP contribution in [0.25, 0.3) is 0 Å². The predicted molar refractivity (Wildman–Crippen MR) is 64.3 cm³/mol. The largest absolute Gasteiger partial charge is 0.394 e. The second kappa shape index (κ2) is 5.53. The SMILES string of the molecule is CC(CO)NC(=O)NC1CCCCC1(C)C. The van der Waals surface area contributed by atoms with Crippen molar-refractivity contribution < 1.29 is 9.90 Å². The summed E-state index contributed by atoms with van der Waals surface area (Å²) in [4.78, 5) is 11.6. The number of aliphatic hydroxyl groups is 1. The van der Waals surface area contributed by atoms with Gasteiger partial charge in [-0.15, -0.1) is 0 Å². The summed E-state index contributed by atoms with van der Waals surface area (Å²) in [5.41, 5.74) is 0.179. The summed E-state index contributed by atoms with van der Waals surface area (Å²) in [6, 6.07) is -0.111. The molecule has 2 amide bonds. The standard InChI is InChI=1S/C12H24N2O2/c1-9(8-15)13-11(16)14-10-6-4-5-7-12(10,2)3/h9-10,15H,4-8H2,1-3H3,(H2,13,14,16). The highest BCUT2D eigenvalue weighted by atomic mass is 16.3. The van der Waals surface area contributed by atoms with Crippen molar-refractivity contribution in [3.8, 4) is 0 Å². The van der Waals surface area contributed by atoms with Crippen molar-refractivity contribution in [1.29, 1.82) is 0 Å². The van der Waals surface area contributed by atoms with Crippen LogP contribution < -0.4 is 10.6 Å². The van der Waals surface area contributed by atoms with Gasteiger partial charge < -0.3 is 15.7 Å². The third-order valence-corrected chi connectivity index (χ3v) is 3.46. The van der Waals surface area contributed by atoms with E-state index in [0.29, 0.717) is 0 Å². The average Bonchev–Trinajstić information content (AvgIpc) is 2.21. The molecule has 0 aromatic heterocycles. The number of nitrogens with one attached hydrogen (secondary N) is 2. The van der Waals surface area contributed by atoms with Gasteiger partial charge in [-0.25, -0.2) is 4.79 Å². The molecular formula is C12H24N2O2. The minimum atomic E-state index is -0.188. The lowest BCUT2D eigenvalue weighted by Gasteiger charge is -2.39. The molecule has 0 radical (unpaired) electrons. The Labute approximate surface area is 97.8 Å². The fourth-order valence-electron chi connectivity index (χ4n) is 2.23. The van der Waals surface area contributed by atoms with Gasteiger partial charge in [-0.05, 0) is 25.2 Å². The summed E-state index contributed by atoms with van der Waals surface area (Å²) in [5.74, 6) is 0. The molecule has 0 aromatic carbocycles. The van der Waals surface area contributed by atoms with Crippen molar-refractivity contribution in [2.24, 2.45) is 5.41 Å². The van der Waals surface area contributed by atoms with Crippen LogP contribution >= 0.6 is 0 Å². The first-order valence-corrected chi connectivity index (χ1v) is 6.13. The lowest BCUT2D eigenvalue weighted by atomic mass is 9.73. The van der Waals surface area contributed by atoms with Gasteiger partial charge in [0.15, 0.2) is 0 Å². The van der Waals surface area contributed by atoms with E-state index in [-0.39, 0.29) is 30.1 Å². The highest BCUT2D eigenvalue weighted by Gasteiger charge is 2.33. The van der Waals surface area contributed by atoms with Gasteiger partial charge in [-0.1, -0.05) is 26.7 Å². The molecule has 2 unspecified atom stereocenters. The van der Waals surface area contributed by atoms with Crippen LogP contribution in [0, 0.1) is 5.41 Å². The van der Waals surface area contributed by atoms with Crippen LogP contribution in [0.15, 0.2) is 0 Å². The first-order valence-electron chi connectivity index (χ1n) is 6.13. The second-order valence-electron chi connectivity index (χ2n) is 5.49. The lowest BCUT2D eigenvalue weighted by Crippen LogP contribution is -2.52. The molecule has 0 heterocycles. The van der Waals surface area contributed by atoms with E-state index in [1.807, 2.05) is 0 Å². The summed E-state index contributed by atoms with van der Waals surface area (Å²) in [5, 5.41) is 14.6. The maximum absolute atomic E-state index is 11.6. The summed E-state index contributed by atoms with van der Waals surface area (Å²) < 4.78 is 0. The predicted octanol–water partition coefficient (Wildman–Crippen LogP) is 1.64. The molecule has 4 nitrogen and oxygen atoms in total. The zero-order valence-electron chi connectivity index (χ0n) is 10.5. The number of urea groups is 1. The van der Waals surface area contributed by atoms with Gasteiger partial charge in [-0.3, -0.25) is 0 Å². The molecule has 1 aliphatic carbocycles. The maximum Gasteiger partial charge on any atom is 0.315 e. The number of rotatable bonds is 3. The molecule has 1 saturated carbocycles. The zero-order chi connectivity index (χ0) is 12.2. The van der Waals surface area contributed by atoms with E-state index in [1.54, 1.807) is 6.92 Å². The summed E-state index contributed by atoms with van der Waals surface area (Å²) in [6.07, 6.45) is 4.64. The Balaban J connectivity index is 2.43.